The van der Waals surface area contributed by atoms with Crippen LogP contribution in [-0.4, -0.2) is 49.4 Å². The number of benzene rings is 2. The minimum atomic E-state index is -0.000676. The molecule has 1 aliphatic heterocycles. The van der Waals surface area contributed by atoms with Crippen LogP contribution in [0.3, 0.4) is 0 Å². The number of ether oxygens (including phenoxy) is 1. The van der Waals surface area contributed by atoms with Gasteiger partial charge >= 0.3 is 0 Å². The molecule has 4 nitrogen and oxygen atoms in total. The molecule has 0 spiro atoms. The van der Waals surface area contributed by atoms with E-state index in [1.807, 2.05) is 30.3 Å². The van der Waals surface area contributed by atoms with Crippen molar-refractivity contribution in [2.24, 2.45) is 0 Å². The van der Waals surface area contributed by atoms with Gasteiger partial charge in [-0.05, 0) is 24.1 Å². The van der Waals surface area contributed by atoms with Crippen molar-refractivity contribution in [1.29, 1.82) is 0 Å². The second kappa shape index (κ2) is 9.76. The minimum Gasteiger partial charge on any atom is -0.379 e. The molecular weight excluding hydrogens is 344 g/mol. The summed E-state index contributed by atoms with van der Waals surface area (Å²) in [5.74, 6) is 0.498. The molecular formula is C21H26N2O2S. The highest BCUT2D eigenvalue weighted by Crippen LogP contribution is 2.22. The number of amides is 1. The summed E-state index contributed by atoms with van der Waals surface area (Å²) in [6.07, 6.45) is 0. The second-order valence-corrected chi connectivity index (χ2v) is 7.52. The van der Waals surface area contributed by atoms with Crippen molar-refractivity contribution in [3.63, 3.8) is 0 Å². The van der Waals surface area contributed by atoms with E-state index in [0.29, 0.717) is 5.75 Å². The van der Waals surface area contributed by atoms with Crippen LogP contribution in [0.15, 0.2) is 59.5 Å². The van der Waals surface area contributed by atoms with Crippen LogP contribution in [0.2, 0.25) is 0 Å². The molecule has 3 rings (SSSR count). The molecule has 0 saturated carbocycles. The average Bonchev–Trinajstić information content (AvgIpc) is 2.68. The molecule has 26 heavy (non-hydrogen) atoms. The third-order valence-corrected chi connectivity index (χ3v) is 5.71. The molecule has 2 aromatic rings. The number of aryl methyl sites for hydroxylation is 1. The fraction of sp³-hybridized carbons (Fsp3) is 0.381. The number of carbonyl (C=O) groups excluding carboxylic acids is 1. The van der Waals surface area contributed by atoms with Crippen LogP contribution in [-0.2, 0) is 9.53 Å². The van der Waals surface area contributed by atoms with Gasteiger partial charge in [0.2, 0.25) is 5.91 Å². The van der Waals surface area contributed by atoms with Crippen molar-refractivity contribution < 1.29 is 9.53 Å². The maximum Gasteiger partial charge on any atom is 0.230 e. The maximum absolute atomic E-state index is 12.6. The first kappa shape index (κ1) is 19.0. The first-order chi connectivity index (χ1) is 12.7. The molecule has 2 aromatic carbocycles. The molecule has 138 valence electrons. The van der Waals surface area contributed by atoms with E-state index in [2.05, 4.69) is 41.4 Å². The van der Waals surface area contributed by atoms with Gasteiger partial charge in [-0.25, -0.2) is 0 Å². The molecule has 0 radical (unpaired) electrons. The van der Waals surface area contributed by atoms with E-state index < -0.39 is 0 Å². The van der Waals surface area contributed by atoms with Crippen LogP contribution >= 0.6 is 11.8 Å². The Morgan fingerprint density at radius 3 is 2.54 bits per heavy atom. The first-order valence-corrected chi connectivity index (χ1v) is 10.0. The third kappa shape index (κ3) is 5.59. The third-order valence-electron chi connectivity index (χ3n) is 4.53. The van der Waals surface area contributed by atoms with Crippen LogP contribution in [0.25, 0.3) is 0 Å². The van der Waals surface area contributed by atoms with Gasteiger partial charge in [0.25, 0.3) is 0 Å². The van der Waals surface area contributed by atoms with Crippen molar-refractivity contribution in [2.75, 3.05) is 38.6 Å². The highest BCUT2D eigenvalue weighted by Gasteiger charge is 2.20. The largest absolute Gasteiger partial charge is 0.379 e. The lowest BCUT2D eigenvalue weighted by atomic mass is 10.1. The Hall–Kier alpha value is -1.82. The summed E-state index contributed by atoms with van der Waals surface area (Å²) in [6, 6.07) is 18.4. The molecule has 1 amide bonds. The fourth-order valence-electron chi connectivity index (χ4n) is 3.06. The molecule has 1 N–H and O–H groups in total. The van der Waals surface area contributed by atoms with Gasteiger partial charge in [-0.1, -0.05) is 48.5 Å². The maximum atomic E-state index is 12.6. The lowest BCUT2D eigenvalue weighted by Crippen LogP contribution is -2.43. The van der Waals surface area contributed by atoms with Crippen LogP contribution in [0, 0.1) is 6.92 Å². The Labute approximate surface area is 159 Å². The van der Waals surface area contributed by atoms with Gasteiger partial charge in [0.05, 0.1) is 25.0 Å². The smallest absolute Gasteiger partial charge is 0.230 e. The molecule has 0 aliphatic carbocycles. The molecule has 1 unspecified atom stereocenters. The lowest BCUT2D eigenvalue weighted by Gasteiger charge is -2.31. The van der Waals surface area contributed by atoms with Crippen LogP contribution in [0.5, 0.6) is 0 Å². The summed E-state index contributed by atoms with van der Waals surface area (Å²) in [6.45, 7) is 6.24. The van der Waals surface area contributed by atoms with Crippen molar-refractivity contribution in [1.82, 2.24) is 10.2 Å². The average molecular weight is 371 g/mol. The van der Waals surface area contributed by atoms with Gasteiger partial charge in [0.15, 0.2) is 0 Å². The van der Waals surface area contributed by atoms with Crippen LogP contribution in [0.1, 0.15) is 17.2 Å². The van der Waals surface area contributed by atoms with Crippen molar-refractivity contribution in [2.45, 2.75) is 17.9 Å². The molecule has 1 atom stereocenters. The number of nitrogens with one attached hydrogen (secondary N) is 1. The van der Waals surface area contributed by atoms with Crippen LogP contribution in [0.4, 0.5) is 0 Å². The summed E-state index contributed by atoms with van der Waals surface area (Å²) >= 11 is 1.59. The normalized spacial score (nSPS) is 16.2. The Morgan fingerprint density at radius 2 is 1.81 bits per heavy atom. The SMILES string of the molecule is Cc1ccccc1SCC(=O)NC(CN1CCOCC1)c1ccccc1. The zero-order valence-electron chi connectivity index (χ0n) is 15.2. The van der Waals surface area contributed by atoms with E-state index >= 15 is 0 Å². The monoisotopic (exact) mass is 370 g/mol. The summed E-state index contributed by atoms with van der Waals surface area (Å²) in [5.41, 5.74) is 2.35. The number of hydrogen-bond donors (Lipinski definition) is 1. The number of thioether (sulfide) groups is 1. The molecule has 1 fully saturated rings. The summed E-state index contributed by atoms with van der Waals surface area (Å²) in [5, 5.41) is 3.23. The van der Waals surface area contributed by atoms with E-state index in [0.717, 1.165) is 43.3 Å². The number of carbonyl (C=O) groups is 1. The minimum absolute atomic E-state index is 0.000676. The number of hydrogen-bond acceptors (Lipinski definition) is 4. The zero-order valence-corrected chi connectivity index (χ0v) is 16.0. The highest BCUT2D eigenvalue weighted by atomic mass is 32.2. The van der Waals surface area contributed by atoms with Gasteiger partial charge in [-0.3, -0.25) is 9.69 Å². The van der Waals surface area contributed by atoms with Crippen molar-refractivity contribution in [3.8, 4) is 0 Å². The van der Waals surface area contributed by atoms with E-state index in [9.17, 15) is 4.79 Å². The first-order valence-electron chi connectivity index (χ1n) is 9.05. The van der Waals surface area contributed by atoms with Gasteiger partial charge in [0.1, 0.15) is 0 Å². The number of rotatable bonds is 7. The summed E-state index contributed by atoms with van der Waals surface area (Å²) in [4.78, 5) is 16.1. The second-order valence-electron chi connectivity index (χ2n) is 6.50. The van der Waals surface area contributed by atoms with E-state index in [1.54, 1.807) is 11.8 Å². The van der Waals surface area contributed by atoms with Gasteiger partial charge < -0.3 is 10.1 Å². The highest BCUT2D eigenvalue weighted by molar-refractivity contribution is 8.00. The summed E-state index contributed by atoms with van der Waals surface area (Å²) in [7, 11) is 0. The number of nitrogens with zero attached hydrogens (tertiary/aromatic N) is 1. The molecule has 0 aromatic heterocycles. The molecule has 1 saturated heterocycles. The Morgan fingerprint density at radius 1 is 1.12 bits per heavy atom. The fourth-order valence-corrected chi connectivity index (χ4v) is 3.90. The van der Waals surface area contributed by atoms with E-state index in [4.69, 9.17) is 4.74 Å². The zero-order chi connectivity index (χ0) is 18.2. The standard InChI is InChI=1S/C21H26N2O2S/c1-17-7-5-6-10-20(17)26-16-21(24)22-19(18-8-3-2-4-9-18)15-23-11-13-25-14-12-23/h2-10,19H,11-16H2,1H3,(H,22,24). The molecule has 1 aliphatic rings. The Balaban J connectivity index is 1.61. The predicted molar refractivity (Wildman–Crippen MR) is 106 cm³/mol. The van der Waals surface area contributed by atoms with Crippen LogP contribution < -0.4 is 5.32 Å². The summed E-state index contributed by atoms with van der Waals surface area (Å²) < 4.78 is 5.43. The van der Waals surface area contributed by atoms with Crippen molar-refractivity contribution in [3.05, 3.63) is 65.7 Å². The molecule has 5 heteroatoms. The topological polar surface area (TPSA) is 41.6 Å². The van der Waals surface area contributed by atoms with Gasteiger partial charge in [0, 0.05) is 24.5 Å². The van der Waals surface area contributed by atoms with Gasteiger partial charge in [-0.2, -0.15) is 0 Å². The number of morpholine rings is 1. The van der Waals surface area contributed by atoms with Crippen molar-refractivity contribution >= 4 is 17.7 Å². The van der Waals surface area contributed by atoms with Gasteiger partial charge in [-0.15, -0.1) is 11.8 Å². The predicted octanol–water partition coefficient (Wildman–Crippen LogP) is 3.28. The quantitative estimate of drug-likeness (QED) is 0.760. The lowest BCUT2D eigenvalue weighted by molar-refractivity contribution is -0.119. The molecule has 0 bridgehead atoms. The van der Waals surface area contributed by atoms with E-state index in [-0.39, 0.29) is 11.9 Å². The van der Waals surface area contributed by atoms with E-state index in [1.165, 1.54) is 5.56 Å². The molecule has 1 heterocycles. The Bertz CT molecular complexity index is 702. The Kier molecular flexibility index (Phi) is 7.12.